The zero-order valence-corrected chi connectivity index (χ0v) is 11.6. The zero-order chi connectivity index (χ0) is 14.1. The molecule has 0 aromatic carbocycles. The second kappa shape index (κ2) is 5.42. The Morgan fingerprint density at radius 3 is 2.60 bits per heavy atom. The third-order valence-corrected chi connectivity index (χ3v) is 4.37. The maximum absolute atomic E-state index is 12.6. The maximum Gasteiger partial charge on any atom is 0.245 e. The van der Waals surface area contributed by atoms with Gasteiger partial charge in [-0.1, -0.05) is 0 Å². The lowest BCUT2D eigenvalue weighted by Gasteiger charge is -2.29. The molecule has 2 heterocycles. The van der Waals surface area contributed by atoms with Crippen LogP contribution in [0.1, 0.15) is 32.1 Å². The van der Waals surface area contributed by atoms with Crippen LogP contribution in [0.2, 0.25) is 0 Å². The highest BCUT2D eigenvalue weighted by Crippen LogP contribution is 2.34. The summed E-state index contributed by atoms with van der Waals surface area (Å²) in [7, 11) is 0. The molecule has 1 N–H and O–H groups in total. The summed E-state index contributed by atoms with van der Waals surface area (Å²) in [6.45, 7) is 2.23. The molecule has 110 valence electrons. The average molecular weight is 279 g/mol. The van der Waals surface area contributed by atoms with Gasteiger partial charge in [-0.2, -0.15) is 0 Å². The molecule has 1 saturated carbocycles. The number of rotatable bonds is 2. The Balaban J connectivity index is 1.65. The van der Waals surface area contributed by atoms with Gasteiger partial charge in [-0.15, -0.1) is 0 Å². The molecule has 3 fully saturated rings. The van der Waals surface area contributed by atoms with Crippen molar-refractivity contribution in [3.8, 4) is 0 Å². The summed E-state index contributed by atoms with van der Waals surface area (Å²) in [6.07, 6.45) is 3.96. The van der Waals surface area contributed by atoms with Crippen molar-refractivity contribution in [2.75, 3.05) is 26.2 Å². The van der Waals surface area contributed by atoms with E-state index in [0.29, 0.717) is 32.6 Å². The molecule has 0 bridgehead atoms. The Kier molecular flexibility index (Phi) is 3.63. The van der Waals surface area contributed by atoms with Crippen LogP contribution in [0.25, 0.3) is 0 Å². The molecule has 1 unspecified atom stereocenters. The van der Waals surface area contributed by atoms with Crippen molar-refractivity contribution in [1.29, 1.82) is 0 Å². The Morgan fingerprint density at radius 1 is 1.05 bits per heavy atom. The highest BCUT2D eigenvalue weighted by molar-refractivity contribution is 5.90. The molecule has 2 saturated heterocycles. The fourth-order valence-electron chi connectivity index (χ4n) is 3.05. The van der Waals surface area contributed by atoms with Crippen molar-refractivity contribution in [1.82, 2.24) is 15.1 Å². The van der Waals surface area contributed by atoms with E-state index in [1.807, 2.05) is 0 Å². The largest absolute Gasteiger partial charge is 0.354 e. The minimum atomic E-state index is -0.295. The molecule has 0 aromatic heterocycles. The van der Waals surface area contributed by atoms with E-state index >= 15 is 0 Å². The Morgan fingerprint density at radius 2 is 1.85 bits per heavy atom. The molecule has 3 rings (SSSR count). The number of likely N-dealkylation sites (tertiary alicyclic amines) is 1. The quantitative estimate of drug-likeness (QED) is 0.757. The van der Waals surface area contributed by atoms with Crippen molar-refractivity contribution < 1.29 is 14.4 Å². The number of amides is 3. The number of carbonyl (C=O) groups excluding carboxylic acids is 3. The molecule has 3 aliphatic rings. The van der Waals surface area contributed by atoms with Crippen molar-refractivity contribution in [3.63, 3.8) is 0 Å². The van der Waals surface area contributed by atoms with Crippen molar-refractivity contribution in [2.45, 2.75) is 38.1 Å². The van der Waals surface area contributed by atoms with Gasteiger partial charge < -0.3 is 15.1 Å². The average Bonchev–Trinajstić information content (AvgIpc) is 3.21. The van der Waals surface area contributed by atoms with Gasteiger partial charge in [0, 0.05) is 38.5 Å². The van der Waals surface area contributed by atoms with Gasteiger partial charge in [0.25, 0.3) is 0 Å². The van der Waals surface area contributed by atoms with Gasteiger partial charge in [-0.3, -0.25) is 14.4 Å². The Labute approximate surface area is 118 Å². The third-order valence-electron chi connectivity index (χ3n) is 4.37. The molecular weight excluding hydrogens is 258 g/mol. The van der Waals surface area contributed by atoms with Crippen molar-refractivity contribution >= 4 is 17.7 Å². The van der Waals surface area contributed by atoms with Gasteiger partial charge in [0.15, 0.2) is 0 Å². The van der Waals surface area contributed by atoms with Gasteiger partial charge in [-0.05, 0) is 25.7 Å². The van der Waals surface area contributed by atoms with E-state index in [1.165, 1.54) is 0 Å². The summed E-state index contributed by atoms with van der Waals surface area (Å²) < 4.78 is 0. The molecule has 1 atom stereocenters. The van der Waals surface area contributed by atoms with E-state index in [1.54, 1.807) is 9.80 Å². The second-order valence-electron chi connectivity index (χ2n) is 5.89. The molecule has 2 aliphatic heterocycles. The summed E-state index contributed by atoms with van der Waals surface area (Å²) in [5.74, 6) is 0.339. The normalized spacial score (nSPS) is 27.2. The summed E-state index contributed by atoms with van der Waals surface area (Å²) in [5, 5.41) is 2.77. The van der Waals surface area contributed by atoms with Crippen LogP contribution in [-0.4, -0.2) is 59.7 Å². The van der Waals surface area contributed by atoms with Gasteiger partial charge in [-0.25, -0.2) is 0 Å². The number of hydrogen-bond donors (Lipinski definition) is 1. The van der Waals surface area contributed by atoms with E-state index in [9.17, 15) is 14.4 Å². The van der Waals surface area contributed by atoms with E-state index in [0.717, 1.165) is 25.7 Å². The zero-order valence-electron chi connectivity index (χ0n) is 11.6. The van der Waals surface area contributed by atoms with Crippen LogP contribution in [0.4, 0.5) is 0 Å². The molecule has 6 heteroatoms. The minimum absolute atomic E-state index is 0.00219. The summed E-state index contributed by atoms with van der Waals surface area (Å²) >= 11 is 0. The van der Waals surface area contributed by atoms with E-state index in [2.05, 4.69) is 5.32 Å². The van der Waals surface area contributed by atoms with Crippen LogP contribution in [0.15, 0.2) is 0 Å². The first kappa shape index (κ1) is 13.4. The SMILES string of the molecule is O=C1CCN(C(=O)C2CCCN2C(=O)C2CC2)CCN1. The van der Waals surface area contributed by atoms with Crippen LogP contribution < -0.4 is 5.32 Å². The Hall–Kier alpha value is -1.59. The molecule has 0 aromatic rings. The van der Waals surface area contributed by atoms with E-state index in [4.69, 9.17) is 0 Å². The predicted octanol–water partition coefficient (Wildman–Crippen LogP) is -0.264. The standard InChI is InChI=1S/C14H21N3O3/c18-12-5-8-16(9-6-15-12)14(20)11-2-1-7-17(11)13(19)10-3-4-10/h10-11H,1-9H2,(H,15,18). The lowest BCUT2D eigenvalue weighted by Crippen LogP contribution is -2.49. The maximum atomic E-state index is 12.6. The predicted molar refractivity (Wildman–Crippen MR) is 71.7 cm³/mol. The molecule has 0 radical (unpaired) electrons. The molecule has 0 spiro atoms. The molecule has 20 heavy (non-hydrogen) atoms. The third kappa shape index (κ3) is 2.64. The monoisotopic (exact) mass is 279 g/mol. The van der Waals surface area contributed by atoms with Gasteiger partial charge in [0.2, 0.25) is 17.7 Å². The van der Waals surface area contributed by atoms with Gasteiger partial charge >= 0.3 is 0 Å². The summed E-state index contributed by atoms with van der Waals surface area (Å²) in [5.41, 5.74) is 0. The fourth-order valence-corrected chi connectivity index (χ4v) is 3.05. The topological polar surface area (TPSA) is 69.7 Å². The van der Waals surface area contributed by atoms with Crippen molar-refractivity contribution in [2.24, 2.45) is 5.92 Å². The summed E-state index contributed by atoms with van der Waals surface area (Å²) in [6, 6.07) is -0.295. The number of carbonyl (C=O) groups is 3. The van der Waals surface area contributed by atoms with Crippen LogP contribution in [0, 0.1) is 5.92 Å². The fraction of sp³-hybridized carbons (Fsp3) is 0.786. The van der Waals surface area contributed by atoms with Gasteiger partial charge in [0.1, 0.15) is 6.04 Å². The highest BCUT2D eigenvalue weighted by atomic mass is 16.2. The number of nitrogens with zero attached hydrogens (tertiary/aromatic N) is 2. The molecular formula is C14H21N3O3. The van der Waals surface area contributed by atoms with Crippen LogP contribution >= 0.6 is 0 Å². The van der Waals surface area contributed by atoms with Crippen LogP contribution in [0.5, 0.6) is 0 Å². The summed E-state index contributed by atoms with van der Waals surface area (Å²) in [4.78, 5) is 39.7. The Bertz CT molecular complexity index is 433. The lowest BCUT2D eigenvalue weighted by molar-refractivity contribution is -0.144. The van der Waals surface area contributed by atoms with Crippen LogP contribution in [0.3, 0.4) is 0 Å². The first-order chi connectivity index (χ1) is 9.66. The van der Waals surface area contributed by atoms with Crippen molar-refractivity contribution in [3.05, 3.63) is 0 Å². The smallest absolute Gasteiger partial charge is 0.245 e. The van der Waals surface area contributed by atoms with E-state index in [-0.39, 0.29) is 29.7 Å². The molecule has 6 nitrogen and oxygen atoms in total. The molecule has 3 amide bonds. The van der Waals surface area contributed by atoms with Gasteiger partial charge in [0.05, 0.1) is 0 Å². The first-order valence-electron chi connectivity index (χ1n) is 7.53. The number of hydrogen-bond acceptors (Lipinski definition) is 3. The minimum Gasteiger partial charge on any atom is -0.354 e. The second-order valence-corrected chi connectivity index (χ2v) is 5.89. The first-order valence-corrected chi connectivity index (χ1v) is 7.53. The highest BCUT2D eigenvalue weighted by Gasteiger charge is 2.42. The van der Waals surface area contributed by atoms with Crippen LogP contribution in [-0.2, 0) is 14.4 Å². The van der Waals surface area contributed by atoms with E-state index < -0.39 is 0 Å². The lowest BCUT2D eigenvalue weighted by atomic mass is 10.1. The molecule has 1 aliphatic carbocycles. The number of nitrogens with one attached hydrogen (secondary N) is 1.